The molecule has 1 saturated heterocycles. The van der Waals surface area contributed by atoms with Crippen molar-refractivity contribution in [2.75, 3.05) is 19.6 Å². The van der Waals surface area contributed by atoms with Crippen molar-refractivity contribution in [3.63, 3.8) is 0 Å². The van der Waals surface area contributed by atoms with Crippen LogP contribution in [0, 0.1) is 5.41 Å². The first-order valence-corrected chi connectivity index (χ1v) is 7.77. The Hall–Kier alpha value is 0.1000. The van der Waals surface area contributed by atoms with Crippen LogP contribution in [0.2, 0.25) is 0 Å². The fourth-order valence-electron chi connectivity index (χ4n) is 2.43. The Labute approximate surface area is 117 Å². The smallest absolute Gasteiger partial charge is 0.0701 e. The molecule has 1 fully saturated rings. The Bertz CT molecular complexity index is 370. The van der Waals surface area contributed by atoms with Crippen LogP contribution in [0.1, 0.15) is 25.6 Å². The summed E-state index contributed by atoms with van der Waals surface area (Å²) in [7, 11) is 0. The fourth-order valence-corrected chi connectivity index (χ4v) is 3.94. The van der Waals surface area contributed by atoms with Gasteiger partial charge in [-0.1, -0.05) is 20.8 Å². The SMILES string of the molecule is CC(C)(C)C1CNCCN1Cc1ccc(Br)s1. The molecule has 1 N–H and O–H groups in total. The first-order chi connectivity index (χ1) is 7.97. The van der Waals surface area contributed by atoms with Gasteiger partial charge in [0, 0.05) is 37.1 Å². The van der Waals surface area contributed by atoms with Crippen molar-refractivity contribution in [2.45, 2.75) is 33.4 Å². The molecule has 1 aromatic rings. The summed E-state index contributed by atoms with van der Waals surface area (Å²) in [6.45, 7) is 11.5. The van der Waals surface area contributed by atoms with Gasteiger partial charge in [-0.25, -0.2) is 0 Å². The van der Waals surface area contributed by atoms with E-state index in [4.69, 9.17) is 0 Å². The minimum Gasteiger partial charge on any atom is -0.314 e. The molecule has 2 nitrogen and oxygen atoms in total. The van der Waals surface area contributed by atoms with Crippen molar-refractivity contribution in [3.8, 4) is 0 Å². The lowest BCUT2D eigenvalue weighted by molar-refractivity contribution is 0.0698. The molecule has 0 aliphatic carbocycles. The molecule has 1 aromatic heterocycles. The van der Waals surface area contributed by atoms with Crippen LogP contribution in [0.25, 0.3) is 0 Å². The first kappa shape index (κ1) is 13.5. The van der Waals surface area contributed by atoms with Gasteiger partial charge in [-0.15, -0.1) is 11.3 Å². The average molecular weight is 317 g/mol. The van der Waals surface area contributed by atoms with Gasteiger partial charge in [0.2, 0.25) is 0 Å². The van der Waals surface area contributed by atoms with Crippen LogP contribution in [-0.2, 0) is 6.54 Å². The molecule has 1 unspecified atom stereocenters. The van der Waals surface area contributed by atoms with Crippen LogP contribution >= 0.6 is 27.3 Å². The van der Waals surface area contributed by atoms with E-state index in [2.05, 4.69) is 59.1 Å². The predicted molar refractivity (Wildman–Crippen MR) is 78.5 cm³/mol. The van der Waals surface area contributed by atoms with E-state index in [0.29, 0.717) is 11.5 Å². The number of piperazine rings is 1. The van der Waals surface area contributed by atoms with Gasteiger partial charge in [0.05, 0.1) is 3.79 Å². The highest BCUT2D eigenvalue weighted by atomic mass is 79.9. The van der Waals surface area contributed by atoms with Gasteiger partial charge in [0.1, 0.15) is 0 Å². The second kappa shape index (κ2) is 5.39. The number of hydrogen-bond acceptors (Lipinski definition) is 3. The quantitative estimate of drug-likeness (QED) is 0.900. The molecule has 1 aliphatic rings. The van der Waals surface area contributed by atoms with Crippen LogP contribution in [0.5, 0.6) is 0 Å². The highest BCUT2D eigenvalue weighted by Crippen LogP contribution is 2.29. The van der Waals surface area contributed by atoms with Crippen LogP contribution in [0.4, 0.5) is 0 Å². The lowest BCUT2D eigenvalue weighted by Gasteiger charge is -2.43. The average Bonchev–Trinajstić information content (AvgIpc) is 2.63. The summed E-state index contributed by atoms with van der Waals surface area (Å²) in [5.41, 5.74) is 0.335. The second-order valence-electron chi connectivity index (χ2n) is 5.76. The summed E-state index contributed by atoms with van der Waals surface area (Å²) in [4.78, 5) is 4.07. The van der Waals surface area contributed by atoms with Crippen molar-refractivity contribution in [1.82, 2.24) is 10.2 Å². The number of nitrogens with zero attached hydrogens (tertiary/aromatic N) is 1. The van der Waals surface area contributed by atoms with E-state index in [9.17, 15) is 0 Å². The summed E-state index contributed by atoms with van der Waals surface area (Å²) in [6, 6.07) is 5.00. The van der Waals surface area contributed by atoms with Gasteiger partial charge >= 0.3 is 0 Å². The zero-order valence-corrected chi connectivity index (χ0v) is 13.2. The molecule has 2 heterocycles. The van der Waals surface area contributed by atoms with Crippen molar-refractivity contribution in [1.29, 1.82) is 0 Å². The molecule has 2 rings (SSSR count). The highest BCUT2D eigenvalue weighted by Gasteiger charge is 2.32. The van der Waals surface area contributed by atoms with Crippen molar-refractivity contribution in [2.24, 2.45) is 5.41 Å². The second-order valence-corrected chi connectivity index (χ2v) is 8.31. The standard InChI is InChI=1S/C13H21BrN2S/c1-13(2,3)11-8-15-6-7-16(11)9-10-4-5-12(14)17-10/h4-5,11,15H,6-9H2,1-3H3. The summed E-state index contributed by atoms with van der Waals surface area (Å²) in [6.07, 6.45) is 0. The summed E-state index contributed by atoms with van der Waals surface area (Å²) < 4.78 is 1.23. The van der Waals surface area contributed by atoms with Crippen LogP contribution in [0.3, 0.4) is 0 Å². The van der Waals surface area contributed by atoms with E-state index in [-0.39, 0.29) is 0 Å². The number of thiophene rings is 1. The van der Waals surface area contributed by atoms with Crippen molar-refractivity contribution >= 4 is 27.3 Å². The first-order valence-electron chi connectivity index (χ1n) is 6.16. The molecule has 1 atom stereocenters. The normalized spacial score (nSPS) is 22.9. The Kier molecular flexibility index (Phi) is 4.29. The van der Waals surface area contributed by atoms with Crippen molar-refractivity contribution in [3.05, 3.63) is 20.8 Å². The third-order valence-corrected chi connectivity index (χ3v) is 4.95. The summed E-state index contributed by atoms with van der Waals surface area (Å²) >= 11 is 5.39. The molecule has 0 amide bonds. The third kappa shape index (κ3) is 3.53. The molecule has 0 bridgehead atoms. The number of halogens is 1. The molecule has 1 aliphatic heterocycles. The molecule has 96 valence electrons. The van der Waals surface area contributed by atoms with Gasteiger partial charge in [-0.05, 0) is 33.5 Å². The van der Waals surface area contributed by atoms with Crippen LogP contribution in [-0.4, -0.2) is 30.6 Å². The molecule has 0 saturated carbocycles. The molecule has 4 heteroatoms. The van der Waals surface area contributed by atoms with E-state index in [1.54, 1.807) is 0 Å². The lowest BCUT2D eigenvalue weighted by atomic mass is 9.84. The molecular formula is C13H21BrN2S. The van der Waals surface area contributed by atoms with E-state index < -0.39 is 0 Å². The third-order valence-electron chi connectivity index (χ3n) is 3.34. The maximum Gasteiger partial charge on any atom is 0.0701 e. The van der Waals surface area contributed by atoms with Gasteiger partial charge < -0.3 is 5.32 Å². The monoisotopic (exact) mass is 316 g/mol. The Morgan fingerprint density at radius 3 is 2.82 bits per heavy atom. The van der Waals surface area contributed by atoms with Gasteiger partial charge in [0.15, 0.2) is 0 Å². The maximum absolute atomic E-state index is 3.54. The van der Waals surface area contributed by atoms with E-state index in [1.807, 2.05) is 11.3 Å². The van der Waals surface area contributed by atoms with E-state index in [0.717, 1.165) is 26.2 Å². The minimum atomic E-state index is 0.335. The topological polar surface area (TPSA) is 15.3 Å². The van der Waals surface area contributed by atoms with E-state index in [1.165, 1.54) is 8.66 Å². The maximum atomic E-state index is 3.54. The Morgan fingerprint density at radius 1 is 1.47 bits per heavy atom. The zero-order chi connectivity index (χ0) is 12.5. The molecule has 0 spiro atoms. The Morgan fingerprint density at radius 2 is 2.24 bits per heavy atom. The molecule has 0 aromatic carbocycles. The summed E-state index contributed by atoms with van der Waals surface area (Å²) in [5.74, 6) is 0. The highest BCUT2D eigenvalue weighted by molar-refractivity contribution is 9.11. The number of hydrogen-bond donors (Lipinski definition) is 1. The number of rotatable bonds is 2. The van der Waals surface area contributed by atoms with Gasteiger partial charge in [-0.2, -0.15) is 0 Å². The van der Waals surface area contributed by atoms with Gasteiger partial charge in [0.25, 0.3) is 0 Å². The molecule has 0 radical (unpaired) electrons. The van der Waals surface area contributed by atoms with E-state index >= 15 is 0 Å². The number of nitrogens with one attached hydrogen (secondary N) is 1. The van der Waals surface area contributed by atoms with Crippen molar-refractivity contribution < 1.29 is 0 Å². The van der Waals surface area contributed by atoms with Crippen LogP contribution < -0.4 is 5.32 Å². The van der Waals surface area contributed by atoms with Crippen LogP contribution in [0.15, 0.2) is 15.9 Å². The lowest BCUT2D eigenvalue weighted by Crippen LogP contribution is -2.56. The minimum absolute atomic E-state index is 0.335. The largest absolute Gasteiger partial charge is 0.314 e. The predicted octanol–water partition coefficient (Wildman–Crippen LogP) is 3.33. The fraction of sp³-hybridized carbons (Fsp3) is 0.692. The Balaban J connectivity index is 2.06. The molecular weight excluding hydrogens is 296 g/mol. The zero-order valence-electron chi connectivity index (χ0n) is 10.8. The summed E-state index contributed by atoms with van der Waals surface area (Å²) in [5, 5.41) is 3.51. The van der Waals surface area contributed by atoms with Gasteiger partial charge in [-0.3, -0.25) is 4.90 Å². The molecule has 17 heavy (non-hydrogen) atoms.